The van der Waals surface area contributed by atoms with Crippen LogP contribution in [0.15, 0.2) is 136 Å². The molecule has 0 radical (unpaired) electrons. The molecule has 1 saturated heterocycles. The minimum absolute atomic E-state index is 0.130. The van der Waals surface area contributed by atoms with E-state index in [-0.39, 0.29) is 22.4 Å². The zero-order chi connectivity index (χ0) is 34.3. The van der Waals surface area contributed by atoms with Crippen molar-refractivity contribution in [1.82, 2.24) is 9.80 Å². The van der Waals surface area contributed by atoms with Crippen molar-refractivity contribution >= 4 is 17.0 Å². The maximum Gasteiger partial charge on any atom is 0.270 e. The number of allylic oxidation sites excluding steroid dienone is 14. The highest BCUT2D eigenvalue weighted by Gasteiger charge is 2.25. The molecule has 0 N–H and O–H groups in total. The lowest BCUT2D eigenvalue weighted by Crippen LogP contribution is -2.44. The molecule has 4 rings (SSSR count). The molecule has 2 aromatic rings. The standard InChI is InChI=1S/C40H31N8/c1-46-37(29-45)39(31-13-7-4-8-14-31)35(26-42)18-10-16-33-20-19-32(40(33)48-23-21-47(2)22-24-48)15-9-17-34(25-41)38(36(27-43)28-44)30-11-5-3-6-12-30/h3-18H,19-24H2,2H3/q-1/b16-10+,17-9+,32-15?,35-18+,38-34-,39-37+. The number of piperazine rings is 1. The fourth-order valence-electron chi connectivity index (χ4n) is 5.68. The number of likely N-dealkylation sites (N-methyl/N-ethyl adjacent to an activating group) is 1. The van der Waals surface area contributed by atoms with E-state index < -0.39 is 0 Å². The first-order chi connectivity index (χ1) is 23.5. The molecule has 0 saturated carbocycles. The van der Waals surface area contributed by atoms with Crippen LogP contribution >= 0.6 is 0 Å². The van der Waals surface area contributed by atoms with Gasteiger partial charge in [-0.25, -0.2) is 16.0 Å². The maximum absolute atomic E-state index is 10.0. The Balaban J connectivity index is 1.76. The van der Waals surface area contributed by atoms with Gasteiger partial charge in [0.15, 0.2) is 0 Å². The first kappa shape index (κ1) is 34.2. The molecule has 8 heteroatoms. The van der Waals surface area contributed by atoms with E-state index in [1.165, 1.54) is 0 Å². The summed E-state index contributed by atoms with van der Waals surface area (Å²) in [5, 5.41) is 49.0. The molecule has 2 aliphatic rings. The quantitative estimate of drug-likeness (QED) is 0.125. The molecule has 0 unspecified atom stereocenters. The van der Waals surface area contributed by atoms with E-state index in [0.717, 1.165) is 55.9 Å². The van der Waals surface area contributed by atoms with Crippen molar-refractivity contribution in [3.05, 3.63) is 164 Å². The van der Waals surface area contributed by atoms with Crippen LogP contribution in [0.2, 0.25) is 0 Å². The highest BCUT2D eigenvalue weighted by molar-refractivity contribution is 5.97. The van der Waals surface area contributed by atoms with Crippen molar-refractivity contribution in [3.63, 3.8) is 0 Å². The van der Waals surface area contributed by atoms with Gasteiger partial charge >= 0.3 is 0 Å². The van der Waals surface area contributed by atoms with Crippen molar-refractivity contribution in [2.75, 3.05) is 33.2 Å². The Labute approximate surface area is 282 Å². The van der Waals surface area contributed by atoms with E-state index in [9.17, 15) is 26.5 Å². The van der Waals surface area contributed by atoms with Crippen LogP contribution in [-0.4, -0.2) is 48.9 Å². The molecule has 48 heavy (non-hydrogen) atoms. The third-order valence-electron chi connectivity index (χ3n) is 8.04. The van der Waals surface area contributed by atoms with Crippen LogP contribution in [0, 0.1) is 51.9 Å². The molecule has 1 aliphatic carbocycles. The number of hydrogen-bond acceptors (Lipinski definition) is 6. The molecule has 1 heterocycles. The lowest BCUT2D eigenvalue weighted by atomic mass is 9.94. The van der Waals surface area contributed by atoms with Crippen molar-refractivity contribution < 1.29 is 0 Å². The summed E-state index contributed by atoms with van der Waals surface area (Å²) in [5.74, 6) is 1.93. The average molecular weight is 624 g/mol. The zero-order valence-electron chi connectivity index (χ0n) is 26.6. The van der Waals surface area contributed by atoms with Crippen molar-refractivity contribution in [3.8, 4) is 24.3 Å². The second kappa shape index (κ2) is 17.1. The highest BCUT2D eigenvalue weighted by Crippen LogP contribution is 2.36. The molecule has 0 atom stereocenters. The predicted octanol–water partition coefficient (Wildman–Crippen LogP) is 7.29. The Morgan fingerprint density at radius 3 is 2.00 bits per heavy atom. The fraction of sp³-hybridized carbons (Fsp3) is 0.175. The van der Waals surface area contributed by atoms with Crippen LogP contribution in [0.1, 0.15) is 24.0 Å². The SMILES string of the molecule is [C-]#[N+]/C(C#N)=C(/C(C#N)=C/C=C/C1=C(N2CCN(C)CC2)C(=C/C=C/C(C#N)=C(/C(=C=[N-])C#N)c2ccccc2)CC1)c1ccccc1. The summed E-state index contributed by atoms with van der Waals surface area (Å²) in [6.07, 6.45) is 12.4. The van der Waals surface area contributed by atoms with Crippen LogP contribution < -0.4 is 0 Å². The van der Waals surface area contributed by atoms with E-state index in [1.807, 2.05) is 42.3 Å². The normalized spacial score (nSPS) is 17.1. The summed E-state index contributed by atoms with van der Waals surface area (Å²) in [6, 6.07) is 26.2. The number of hydrogen-bond donors (Lipinski definition) is 0. The van der Waals surface area contributed by atoms with E-state index >= 15 is 0 Å². The maximum atomic E-state index is 10.0. The van der Waals surface area contributed by atoms with Gasteiger partial charge in [0.2, 0.25) is 0 Å². The fourth-order valence-corrected chi connectivity index (χ4v) is 5.68. The number of rotatable bonds is 9. The predicted molar refractivity (Wildman–Crippen MR) is 187 cm³/mol. The first-order valence-electron chi connectivity index (χ1n) is 15.3. The zero-order valence-corrected chi connectivity index (χ0v) is 26.6. The highest BCUT2D eigenvalue weighted by atomic mass is 15.3. The van der Waals surface area contributed by atoms with Gasteiger partial charge in [-0.05, 0) is 54.3 Å². The van der Waals surface area contributed by atoms with Crippen molar-refractivity contribution in [2.24, 2.45) is 0 Å². The van der Waals surface area contributed by atoms with Crippen LogP contribution in [-0.2, 0) is 0 Å². The number of benzene rings is 2. The van der Waals surface area contributed by atoms with Gasteiger partial charge in [-0.1, -0.05) is 85.0 Å². The second-order valence-electron chi connectivity index (χ2n) is 10.9. The van der Waals surface area contributed by atoms with Gasteiger partial charge in [0.25, 0.3) is 5.70 Å². The van der Waals surface area contributed by atoms with E-state index in [4.69, 9.17) is 6.57 Å². The molecule has 2 aromatic carbocycles. The minimum atomic E-state index is -0.145. The summed E-state index contributed by atoms with van der Waals surface area (Å²) in [6.45, 7) is 11.0. The molecular weight excluding hydrogens is 592 g/mol. The lowest BCUT2D eigenvalue weighted by Gasteiger charge is -2.36. The molecule has 0 bridgehead atoms. The Morgan fingerprint density at radius 1 is 0.812 bits per heavy atom. The molecule has 1 fully saturated rings. The van der Waals surface area contributed by atoms with Crippen LogP contribution in [0.5, 0.6) is 0 Å². The Morgan fingerprint density at radius 2 is 1.46 bits per heavy atom. The van der Waals surface area contributed by atoms with E-state index in [0.29, 0.717) is 22.3 Å². The van der Waals surface area contributed by atoms with Crippen LogP contribution in [0.25, 0.3) is 21.4 Å². The monoisotopic (exact) mass is 623 g/mol. The Hall–Kier alpha value is -6.72. The molecule has 0 aromatic heterocycles. The van der Waals surface area contributed by atoms with Crippen LogP contribution in [0.3, 0.4) is 0 Å². The Kier molecular flexibility index (Phi) is 12.2. The topological polar surface area (TPSA) is 128 Å². The summed E-state index contributed by atoms with van der Waals surface area (Å²) >= 11 is 0. The van der Waals surface area contributed by atoms with Gasteiger partial charge < -0.3 is 15.2 Å². The molecule has 1 aliphatic heterocycles. The van der Waals surface area contributed by atoms with Gasteiger partial charge in [0, 0.05) is 43.0 Å². The van der Waals surface area contributed by atoms with E-state index in [2.05, 4.69) is 33.8 Å². The molecule has 0 amide bonds. The summed E-state index contributed by atoms with van der Waals surface area (Å²) in [4.78, 5) is 8.02. The molecule has 0 spiro atoms. The molecular formula is C40H31N8-. The smallest absolute Gasteiger partial charge is 0.270 e. The third-order valence-corrected chi connectivity index (χ3v) is 8.04. The Bertz CT molecular complexity index is 2010. The summed E-state index contributed by atoms with van der Waals surface area (Å²) in [5.41, 5.74) is 5.28. The summed E-state index contributed by atoms with van der Waals surface area (Å²) < 4.78 is 0. The lowest BCUT2D eigenvalue weighted by molar-refractivity contribution is 0.188. The third kappa shape index (κ3) is 8.10. The van der Waals surface area contributed by atoms with Gasteiger partial charge in [-0.15, -0.1) is 0 Å². The van der Waals surface area contributed by atoms with Gasteiger partial charge in [-0.3, -0.25) is 0 Å². The van der Waals surface area contributed by atoms with Gasteiger partial charge in [-0.2, -0.15) is 15.8 Å². The number of nitriles is 4. The minimum Gasteiger partial charge on any atom is -0.762 e. The second-order valence-corrected chi connectivity index (χ2v) is 10.9. The molecule has 232 valence electrons. The number of nitrogens with zero attached hydrogens (tertiary/aromatic N) is 8. The first-order valence-corrected chi connectivity index (χ1v) is 15.3. The van der Waals surface area contributed by atoms with Gasteiger partial charge in [0.1, 0.15) is 6.07 Å². The average Bonchev–Trinajstić information content (AvgIpc) is 3.53. The van der Waals surface area contributed by atoms with Crippen LogP contribution in [0.4, 0.5) is 0 Å². The molecule has 8 nitrogen and oxygen atoms in total. The largest absolute Gasteiger partial charge is 0.762 e. The van der Waals surface area contributed by atoms with Crippen molar-refractivity contribution in [2.45, 2.75) is 12.8 Å². The summed E-state index contributed by atoms with van der Waals surface area (Å²) in [7, 11) is 2.10. The van der Waals surface area contributed by atoms with E-state index in [1.54, 1.807) is 72.8 Å². The van der Waals surface area contributed by atoms with Gasteiger partial charge in [0.05, 0.1) is 41.5 Å². The van der Waals surface area contributed by atoms with Crippen molar-refractivity contribution in [1.29, 1.82) is 21.0 Å².